The minimum absolute atomic E-state index is 0.0252. The summed E-state index contributed by atoms with van der Waals surface area (Å²) < 4.78 is 11.5. The quantitative estimate of drug-likeness (QED) is 0.670. The minimum Gasteiger partial charge on any atom is -0.497 e. The van der Waals surface area contributed by atoms with Crippen molar-refractivity contribution in [2.75, 3.05) is 20.7 Å². The first kappa shape index (κ1) is 19.8. The van der Waals surface area contributed by atoms with Gasteiger partial charge in [-0.2, -0.15) is 0 Å². The number of pyridine rings is 1. The molecule has 31 heavy (non-hydrogen) atoms. The predicted octanol–water partition coefficient (Wildman–Crippen LogP) is 2.03. The number of likely N-dealkylation sites (tertiary alicyclic amines) is 1. The zero-order valence-electron chi connectivity index (χ0n) is 17.6. The molecule has 0 N–H and O–H groups in total. The molecule has 7 heteroatoms. The number of hydrogen-bond acceptors (Lipinski definition) is 5. The van der Waals surface area contributed by atoms with Crippen LogP contribution >= 0.6 is 0 Å². The van der Waals surface area contributed by atoms with Crippen LogP contribution in [0.2, 0.25) is 0 Å². The second kappa shape index (κ2) is 7.50. The third-order valence-electron chi connectivity index (χ3n) is 6.49. The van der Waals surface area contributed by atoms with Crippen molar-refractivity contribution in [3.05, 3.63) is 72.1 Å². The molecule has 2 aromatic rings. The number of amides is 2. The number of carbonyl (C=O) groups excluding carboxylic acids is 2. The Labute approximate surface area is 181 Å². The SMILES string of the molecule is COc1cccc(CN2C[C@]34C=C[C@H](O3)[C@H](C(=O)N(C)Cc3cccnc3)[C@@H]4C2=O)c1. The maximum atomic E-state index is 13.4. The van der Waals surface area contributed by atoms with Gasteiger partial charge in [0.1, 0.15) is 11.4 Å². The van der Waals surface area contributed by atoms with Crippen LogP contribution in [0.4, 0.5) is 0 Å². The molecule has 4 atom stereocenters. The average molecular weight is 419 g/mol. The highest BCUT2D eigenvalue weighted by atomic mass is 16.5. The lowest BCUT2D eigenvalue weighted by Gasteiger charge is -2.27. The van der Waals surface area contributed by atoms with E-state index >= 15 is 0 Å². The lowest BCUT2D eigenvalue weighted by atomic mass is 9.76. The smallest absolute Gasteiger partial charge is 0.230 e. The Hall–Kier alpha value is -3.19. The molecule has 0 aliphatic carbocycles. The first-order valence-corrected chi connectivity index (χ1v) is 10.4. The number of ether oxygens (including phenoxy) is 2. The van der Waals surface area contributed by atoms with Crippen LogP contribution in [0.5, 0.6) is 5.75 Å². The van der Waals surface area contributed by atoms with Crippen LogP contribution in [0.1, 0.15) is 11.1 Å². The van der Waals surface area contributed by atoms with Crippen molar-refractivity contribution in [1.82, 2.24) is 14.8 Å². The van der Waals surface area contributed by atoms with Crippen LogP contribution in [0.3, 0.4) is 0 Å². The van der Waals surface area contributed by atoms with Gasteiger partial charge >= 0.3 is 0 Å². The van der Waals surface area contributed by atoms with Crippen LogP contribution in [-0.4, -0.2) is 59.0 Å². The molecule has 0 saturated carbocycles. The van der Waals surface area contributed by atoms with E-state index in [1.807, 2.05) is 48.6 Å². The van der Waals surface area contributed by atoms with Crippen LogP contribution in [-0.2, 0) is 27.4 Å². The molecular formula is C24H25N3O4. The molecule has 2 fully saturated rings. The number of benzene rings is 1. The number of aromatic nitrogens is 1. The number of fused-ring (bicyclic) bond motifs is 1. The molecule has 1 aromatic carbocycles. The summed E-state index contributed by atoms with van der Waals surface area (Å²) in [5.41, 5.74) is 1.22. The fourth-order valence-corrected chi connectivity index (χ4v) is 5.08. The zero-order valence-corrected chi connectivity index (χ0v) is 17.6. The van der Waals surface area contributed by atoms with E-state index in [9.17, 15) is 9.59 Å². The summed E-state index contributed by atoms with van der Waals surface area (Å²) in [6.45, 7) is 1.36. The Balaban J connectivity index is 1.35. The van der Waals surface area contributed by atoms with Gasteiger partial charge in [-0.3, -0.25) is 14.6 Å². The van der Waals surface area contributed by atoms with E-state index in [0.29, 0.717) is 19.6 Å². The van der Waals surface area contributed by atoms with E-state index in [1.165, 1.54) is 0 Å². The van der Waals surface area contributed by atoms with Gasteiger partial charge < -0.3 is 19.3 Å². The second-order valence-corrected chi connectivity index (χ2v) is 8.50. The molecule has 0 unspecified atom stereocenters. The first-order chi connectivity index (χ1) is 15.0. The Morgan fingerprint density at radius 3 is 2.94 bits per heavy atom. The number of methoxy groups -OCH3 is 1. The highest BCUT2D eigenvalue weighted by Gasteiger charge is 2.67. The van der Waals surface area contributed by atoms with Gasteiger partial charge in [-0.15, -0.1) is 0 Å². The van der Waals surface area contributed by atoms with Crippen LogP contribution < -0.4 is 4.74 Å². The first-order valence-electron chi connectivity index (χ1n) is 10.4. The number of rotatable bonds is 6. The van der Waals surface area contributed by atoms with Crippen molar-refractivity contribution in [1.29, 1.82) is 0 Å². The number of carbonyl (C=O) groups is 2. The molecule has 2 bridgehead atoms. The van der Waals surface area contributed by atoms with Gasteiger partial charge in [0, 0.05) is 32.5 Å². The van der Waals surface area contributed by atoms with Crippen LogP contribution in [0.25, 0.3) is 0 Å². The van der Waals surface area contributed by atoms with E-state index in [1.54, 1.807) is 36.4 Å². The predicted molar refractivity (Wildman–Crippen MR) is 113 cm³/mol. The Bertz CT molecular complexity index is 1040. The normalized spacial score (nSPS) is 28.1. The maximum absolute atomic E-state index is 13.4. The summed E-state index contributed by atoms with van der Waals surface area (Å²) in [5.74, 6) is -0.333. The van der Waals surface area contributed by atoms with Crippen molar-refractivity contribution in [2.24, 2.45) is 11.8 Å². The van der Waals surface area contributed by atoms with Crippen molar-refractivity contribution < 1.29 is 19.1 Å². The molecule has 5 rings (SSSR count). The standard InChI is InChI=1S/C24H25N3O4/c1-26(13-17-6-4-10-25-12-17)22(28)20-19-8-9-24(31-19)15-27(23(29)21(20)24)14-16-5-3-7-18(11-16)30-2/h3-12,19-21H,13-15H2,1-2H3/t19-,20-,21+,24-/m0/s1. The monoisotopic (exact) mass is 419 g/mol. The van der Waals surface area contributed by atoms with Crippen molar-refractivity contribution in [2.45, 2.75) is 24.8 Å². The third-order valence-corrected chi connectivity index (χ3v) is 6.49. The third kappa shape index (κ3) is 3.29. The molecule has 160 valence electrons. The van der Waals surface area contributed by atoms with E-state index < -0.39 is 17.4 Å². The van der Waals surface area contributed by atoms with Crippen LogP contribution in [0.15, 0.2) is 60.9 Å². The Morgan fingerprint density at radius 1 is 1.32 bits per heavy atom. The van der Waals surface area contributed by atoms with Gasteiger partial charge in [0.2, 0.25) is 11.8 Å². The Morgan fingerprint density at radius 2 is 2.16 bits per heavy atom. The number of hydrogen-bond donors (Lipinski definition) is 0. The molecule has 1 spiro atoms. The van der Waals surface area contributed by atoms with Gasteiger partial charge in [-0.05, 0) is 29.3 Å². The molecule has 2 saturated heterocycles. The molecule has 0 radical (unpaired) electrons. The maximum Gasteiger partial charge on any atom is 0.230 e. The summed E-state index contributed by atoms with van der Waals surface area (Å²) in [4.78, 5) is 34.4. The summed E-state index contributed by atoms with van der Waals surface area (Å²) in [7, 11) is 3.39. The summed E-state index contributed by atoms with van der Waals surface area (Å²) in [6.07, 6.45) is 7.03. The molecular weight excluding hydrogens is 394 g/mol. The van der Waals surface area contributed by atoms with Gasteiger partial charge in [-0.1, -0.05) is 30.4 Å². The summed E-state index contributed by atoms with van der Waals surface area (Å²) in [6, 6.07) is 11.5. The minimum atomic E-state index is -0.712. The Kier molecular flexibility index (Phi) is 4.78. The largest absolute Gasteiger partial charge is 0.497 e. The lowest BCUT2D eigenvalue weighted by Crippen LogP contribution is -2.44. The number of nitrogens with zero attached hydrogens (tertiary/aromatic N) is 3. The summed E-state index contributed by atoms with van der Waals surface area (Å²) >= 11 is 0. The molecule has 3 aliphatic heterocycles. The molecule has 3 aliphatic rings. The second-order valence-electron chi connectivity index (χ2n) is 8.50. The highest BCUT2D eigenvalue weighted by molar-refractivity contribution is 5.93. The van der Waals surface area contributed by atoms with Gasteiger partial charge in [0.05, 0.1) is 31.6 Å². The van der Waals surface area contributed by atoms with Gasteiger partial charge in [0.25, 0.3) is 0 Å². The van der Waals surface area contributed by atoms with E-state index in [2.05, 4.69) is 4.98 Å². The van der Waals surface area contributed by atoms with E-state index in [4.69, 9.17) is 9.47 Å². The van der Waals surface area contributed by atoms with Crippen LogP contribution in [0, 0.1) is 11.8 Å². The van der Waals surface area contributed by atoms with Crippen molar-refractivity contribution >= 4 is 11.8 Å². The van der Waals surface area contributed by atoms with E-state index in [0.717, 1.165) is 16.9 Å². The fourth-order valence-electron chi connectivity index (χ4n) is 5.08. The molecule has 2 amide bonds. The fraction of sp³-hybridized carbons (Fsp3) is 0.375. The molecule has 7 nitrogen and oxygen atoms in total. The van der Waals surface area contributed by atoms with Gasteiger partial charge in [-0.25, -0.2) is 0 Å². The highest BCUT2D eigenvalue weighted by Crippen LogP contribution is 2.52. The molecule has 4 heterocycles. The molecule has 1 aromatic heterocycles. The van der Waals surface area contributed by atoms with Crippen molar-refractivity contribution in [3.8, 4) is 5.75 Å². The van der Waals surface area contributed by atoms with Gasteiger partial charge in [0.15, 0.2) is 0 Å². The zero-order chi connectivity index (χ0) is 21.6. The topological polar surface area (TPSA) is 72.0 Å². The van der Waals surface area contributed by atoms with E-state index in [-0.39, 0.29) is 17.9 Å². The average Bonchev–Trinajstić information content (AvgIpc) is 3.42. The van der Waals surface area contributed by atoms with Crippen molar-refractivity contribution in [3.63, 3.8) is 0 Å². The summed E-state index contributed by atoms with van der Waals surface area (Å²) in [5, 5.41) is 0. The lowest BCUT2D eigenvalue weighted by molar-refractivity contribution is -0.142.